The monoisotopic (exact) mass is 245 g/mol. The summed E-state index contributed by atoms with van der Waals surface area (Å²) in [7, 11) is -1.14. The molecule has 1 aromatic heterocycles. The summed E-state index contributed by atoms with van der Waals surface area (Å²) in [6.45, 7) is 0.504. The molecule has 2 rings (SSSR count). The van der Waals surface area contributed by atoms with Gasteiger partial charge in [0.15, 0.2) is 15.7 Å². The largest absolute Gasteiger partial charge is 0.338 e. The molecule has 1 atom stereocenters. The van der Waals surface area contributed by atoms with Crippen LogP contribution in [0.3, 0.4) is 0 Å². The molecule has 0 spiro atoms. The first-order valence-corrected chi connectivity index (χ1v) is 7.01. The van der Waals surface area contributed by atoms with Gasteiger partial charge in [-0.25, -0.2) is 8.42 Å². The highest BCUT2D eigenvalue weighted by molar-refractivity contribution is 7.92. The van der Waals surface area contributed by atoms with Gasteiger partial charge in [0.1, 0.15) is 0 Å². The molecule has 2 heterocycles. The van der Waals surface area contributed by atoms with Crippen LogP contribution in [0.2, 0.25) is 0 Å². The Bertz CT molecular complexity index is 454. The van der Waals surface area contributed by atoms with Crippen molar-refractivity contribution in [1.29, 1.82) is 0 Å². The molecule has 1 N–H and O–H groups in total. The first-order chi connectivity index (χ1) is 7.62. The summed E-state index contributed by atoms with van der Waals surface area (Å²) in [6, 6.07) is 0. The zero-order valence-electron chi connectivity index (χ0n) is 9.14. The van der Waals surface area contributed by atoms with E-state index in [1.54, 1.807) is 7.05 Å². The number of aromatic nitrogens is 2. The highest BCUT2D eigenvalue weighted by atomic mass is 32.2. The fraction of sp³-hybridized carbons (Fsp3) is 0.778. The lowest BCUT2D eigenvalue weighted by Gasteiger charge is -2.04. The Labute approximate surface area is 94.3 Å². The van der Waals surface area contributed by atoms with Crippen molar-refractivity contribution in [1.82, 2.24) is 15.5 Å². The summed E-state index contributed by atoms with van der Waals surface area (Å²) in [5.74, 6) is 1.27. The number of hydrogen-bond donors (Lipinski definition) is 1. The minimum atomic E-state index is -2.93. The number of rotatable bonds is 4. The standard InChI is InChI=1S/C9H15N3O3S/c1-10-6-9-11-8(12-15-9)5-7-3-2-4-16(7,13)14/h7,10H,2-6H2,1H3. The van der Waals surface area contributed by atoms with Crippen molar-refractivity contribution in [2.45, 2.75) is 31.1 Å². The molecule has 16 heavy (non-hydrogen) atoms. The van der Waals surface area contributed by atoms with Crippen molar-refractivity contribution < 1.29 is 12.9 Å². The summed E-state index contributed by atoms with van der Waals surface area (Å²) in [5.41, 5.74) is 0. The van der Waals surface area contributed by atoms with Gasteiger partial charge >= 0.3 is 0 Å². The average molecular weight is 245 g/mol. The molecule has 90 valence electrons. The fourth-order valence-corrected chi connectivity index (χ4v) is 3.72. The molecule has 1 saturated heterocycles. The van der Waals surface area contributed by atoms with E-state index in [1.165, 1.54) is 0 Å². The molecule has 1 aliphatic heterocycles. The van der Waals surface area contributed by atoms with Crippen molar-refractivity contribution in [2.24, 2.45) is 0 Å². The van der Waals surface area contributed by atoms with Gasteiger partial charge in [0, 0.05) is 6.42 Å². The summed E-state index contributed by atoms with van der Waals surface area (Å²) in [5, 5.41) is 6.34. The van der Waals surface area contributed by atoms with Crippen LogP contribution >= 0.6 is 0 Å². The molecule has 0 radical (unpaired) electrons. The maximum Gasteiger partial charge on any atom is 0.240 e. The minimum absolute atomic E-state index is 0.291. The molecule has 0 aliphatic carbocycles. The van der Waals surface area contributed by atoms with Gasteiger partial charge in [-0.1, -0.05) is 5.16 Å². The van der Waals surface area contributed by atoms with Gasteiger partial charge in [0.05, 0.1) is 17.5 Å². The van der Waals surface area contributed by atoms with E-state index in [2.05, 4.69) is 15.5 Å². The predicted octanol–water partition coefficient (Wildman–Crippen LogP) is -0.0913. The van der Waals surface area contributed by atoms with E-state index < -0.39 is 9.84 Å². The van der Waals surface area contributed by atoms with E-state index in [0.29, 0.717) is 36.9 Å². The maximum atomic E-state index is 11.6. The van der Waals surface area contributed by atoms with E-state index in [1.807, 2.05) is 0 Å². The molecule has 0 saturated carbocycles. The number of hydrogen-bond acceptors (Lipinski definition) is 6. The lowest BCUT2D eigenvalue weighted by Crippen LogP contribution is -2.19. The van der Waals surface area contributed by atoms with E-state index in [-0.39, 0.29) is 5.25 Å². The summed E-state index contributed by atoms with van der Waals surface area (Å²) < 4.78 is 28.2. The Hall–Kier alpha value is -0.950. The molecule has 1 unspecified atom stereocenters. The molecular weight excluding hydrogens is 230 g/mol. The second kappa shape index (κ2) is 4.50. The van der Waals surface area contributed by atoms with Crippen molar-refractivity contribution >= 4 is 9.84 Å². The molecule has 1 fully saturated rings. The third-order valence-corrected chi connectivity index (χ3v) is 4.99. The van der Waals surface area contributed by atoms with Gasteiger partial charge in [-0.3, -0.25) is 0 Å². The van der Waals surface area contributed by atoms with Crippen molar-refractivity contribution in [3.8, 4) is 0 Å². The first-order valence-electron chi connectivity index (χ1n) is 5.29. The molecule has 0 bridgehead atoms. The highest BCUT2D eigenvalue weighted by Crippen LogP contribution is 2.22. The van der Waals surface area contributed by atoms with E-state index >= 15 is 0 Å². The smallest absolute Gasteiger partial charge is 0.240 e. The summed E-state index contributed by atoms with van der Waals surface area (Å²) in [4.78, 5) is 4.12. The van der Waals surface area contributed by atoms with Crippen molar-refractivity contribution in [3.63, 3.8) is 0 Å². The van der Waals surface area contributed by atoms with Crippen LogP contribution in [0.5, 0.6) is 0 Å². The topological polar surface area (TPSA) is 85.1 Å². The number of sulfone groups is 1. The molecule has 6 nitrogen and oxygen atoms in total. The van der Waals surface area contributed by atoms with E-state index in [0.717, 1.165) is 6.42 Å². The van der Waals surface area contributed by atoms with Gasteiger partial charge in [-0.05, 0) is 19.9 Å². The van der Waals surface area contributed by atoms with Gasteiger partial charge in [0.25, 0.3) is 0 Å². The van der Waals surface area contributed by atoms with Crippen LogP contribution in [0.15, 0.2) is 4.52 Å². The third-order valence-electron chi connectivity index (χ3n) is 2.71. The van der Waals surface area contributed by atoms with Crippen LogP contribution in [0.25, 0.3) is 0 Å². The van der Waals surface area contributed by atoms with Crippen molar-refractivity contribution in [3.05, 3.63) is 11.7 Å². The Balaban J connectivity index is 2.03. The second-order valence-electron chi connectivity index (χ2n) is 3.97. The first kappa shape index (κ1) is 11.5. The van der Waals surface area contributed by atoms with Crippen molar-refractivity contribution in [2.75, 3.05) is 12.8 Å². The van der Waals surface area contributed by atoms with Crippen LogP contribution in [0, 0.1) is 0 Å². The van der Waals surface area contributed by atoms with E-state index in [9.17, 15) is 8.42 Å². The highest BCUT2D eigenvalue weighted by Gasteiger charge is 2.32. The van der Waals surface area contributed by atoms with Crippen LogP contribution in [0.1, 0.15) is 24.6 Å². The van der Waals surface area contributed by atoms with E-state index in [4.69, 9.17) is 4.52 Å². The Kier molecular flexibility index (Phi) is 3.25. The minimum Gasteiger partial charge on any atom is -0.338 e. The molecule has 7 heteroatoms. The normalized spacial score (nSPS) is 23.7. The summed E-state index contributed by atoms with van der Waals surface area (Å²) >= 11 is 0. The maximum absolute atomic E-state index is 11.6. The Morgan fingerprint density at radius 3 is 3.00 bits per heavy atom. The van der Waals surface area contributed by atoms with Crippen LogP contribution in [-0.4, -0.2) is 36.6 Å². The Morgan fingerprint density at radius 1 is 1.56 bits per heavy atom. The second-order valence-corrected chi connectivity index (χ2v) is 6.37. The van der Waals surface area contributed by atoms with Gasteiger partial charge < -0.3 is 9.84 Å². The zero-order valence-corrected chi connectivity index (χ0v) is 9.96. The molecule has 1 aromatic rings. The van der Waals surface area contributed by atoms with Crippen LogP contribution < -0.4 is 5.32 Å². The molecule has 0 amide bonds. The molecule has 0 aromatic carbocycles. The molecule has 1 aliphatic rings. The molecular formula is C9H15N3O3S. The number of nitrogens with one attached hydrogen (secondary N) is 1. The number of nitrogens with zero attached hydrogens (tertiary/aromatic N) is 2. The summed E-state index contributed by atoms with van der Waals surface area (Å²) in [6.07, 6.45) is 1.82. The quantitative estimate of drug-likeness (QED) is 0.798. The van der Waals surface area contributed by atoms with Gasteiger partial charge in [-0.15, -0.1) is 0 Å². The average Bonchev–Trinajstić information content (AvgIpc) is 2.76. The Morgan fingerprint density at radius 2 is 2.38 bits per heavy atom. The third kappa shape index (κ3) is 2.41. The van der Waals surface area contributed by atoms with Crippen LogP contribution in [0.4, 0.5) is 0 Å². The van der Waals surface area contributed by atoms with Gasteiger partial charge in [-0.2, -0.15) is 4.98 Å². The lowest BCUT2D eigenvalue weighted by atomic mass is 10.2. The van der Waals surface area contributed by atoms with Crippen LogP contribution in [-0.2, 0) is 22.8 Å². The SMILES string of the molecule is CNCc1nc(CC2CCCS2(=O)=O)no1. The zero-order chi connectivity index (χ0) is 11.6. The lowest BCUT2D eigenvalue weighted by molar-refractivity contribution is 0.366. The predicted molar refractivity (Wildman–Crippen MR) is 57.6 cm³/mol. The fourth-order valence-electron chi connectivity index (χ4n) is 1.89. The van der Waals surface area contributed by atoms with Gasteiger partial charge in [0.2, 0.25) is 5.89 Å².